The zero-order chi connectivity index (χ0) is 20.6. The number of hydrogen-bond donors (Lipinski definition) is 1. The molecule has 0 aromatic heterocycles. The molecule has 0 unspecified atom stereocenters. The minimum absolute atomic E-state index is 0.0292. The Labute approximate surface area is 173 Å². The molecule has 1 N–H and O–H groups in total. The van der Waals surface area contributed by atoms with Crippen molar-refractivity contribution < 1.29 is 14.3 Å². The zero-order valence-corrected chi connectivity index (χ0v) is 17.5. The van der Waals surface area contributed by atoms with Crippen molar-refractivity contribution in [3.8, 4) is 5.75 Å². The van der Waals surface area contributed by atoms with Gasteiger partial charge in [-0.3, -0.25) is 9.59 Å². The lowest BCUT2D eigenvalue weighted by Gasteiger charge is -2.33. The van der Waals surface area contributed by atoms with E-state index in [9.17, 15) is 9.59 Å². The number of nitrogens with one attached hydrogen (secondary N) is 1. The lowest BCUT2D eigenvalue weighted by Crippen LogP contribution is -2.42. The molecular formula is C22H32N4O3. The maximum atomic E-state index is 12.3. The fourth-order valence-corrected chi connectivity index (χ4v) is 3.91. The molecule has 3 rings (SSSR count). The van der Waals surface area contributed by atoms with E-state index in [-0.39, 0.29) is 18.4 Å². The second-order valence-electron chi connectivity index (χ2n) is 7.81. The van der Waals surface area contributed by atoms with Crippen LogP contribution >= 0.6 is 0 Å². The van der Waals surface area contributed by atoms with E-state index >= 15 is 0 Å². The third kappa shape index (κ3) is 6.03. The van der Waals surface area contributed by atoms with Crippen LogP contribution in [0, 0.1) is 0 Å². The average molecular weight is 401 g/mol. The van der Waals surface area contributed by atoms with Crippen molar-refractivity contribution in [2.75, 3.05) is 33.3 Å². The molecule has 2 heterocycles. The van der Waals surface area contributed by atoms with Crippen LogP contribution in [0.25, 0.3) is 0 Å². The van der Waals surface area contributed by atoms with Crippen LogP contribution in [-0.2, 0) is 9.59 Å². The van der Waals surface area contributed by atoms with Crippen molar-refractivity contribution in [1.82, 2.24) is 15.2 Å². The molecule has 0 bridgehead atoms. The van der Waals surface area contributed by atoms with Gasteiger partial charge in [0.25, 0.3) is 0 Å². The fraction of sp³-hybridized carbons (Fsp3) is 0.591. The summed E-state index contributed by atoms with van der Waals surface area (Å²) in [7, 11) is 1.62. The number of methoxy groups -OCH3 is 1. The molecule has 7 nitrogen and oxygen atoms in total. The number of carbonyl (C=O) groups excluding carboxylic acids is 2. The summed E-state index contributed by atoms with van der Waals surface area (Å²) in [4.78, 5) is 27.0. The van der Waals surface area contributed by atoms with Gasteiger partial charge in [0.2, 0.25) is 11.8 Å². The van der Waals surface area contributed by atoms with Gasteiger partial charge in [-0.05, 0) is 62.6 Å². The Morgan fingerprint density at radius 2 is 2.03 bits per heavy atom. The predicted octanol–water partition coefficient (Wildman–Crippen LogP) is 2.40. The minimum atomic E-state index is -0.162. The first kappa shape index (κ1) is 21.3. The SMILES string of the molecule is COc1ccc(C2=NN(CC(=O)NCCCN3CCCC[C@H]3C)C(=O)CC2)cc1. The van der Waals surface area contributed by atoms with Gasteiger partial charge in [0.1, 0.15) is 12.3 Å². The standard InChI is InChI=1S/C22H32N4O3/c1-17-6-3-4-14-25(17)15-5-13-23-21(27)16-26-22(28)12-11-20(24-26)18-7-9-19(29-2)10-8-18/h7-10,17H,3-6,11-16H2,1-2H3,(H,23,27)/t17-/m1/s1. The van der Waals surface area contributed by atoms with Crippen LogP contribution in [0.2, 0.25) is 0 Å². The van der Waals surface area contributed by atoms with Crippen molar-refractivity contribution >= 4 is 17.5 Å². The monoisotopic (exact) mass is 400 g/mol. The number of rotatable bonds is 8. The largest absolute Gasteiger partial charge is 0.497 e. The highest BCUT2D eigenvalue weighted by atomic mass is 16.5. The molecule has 2 aliphatic heterocycles. The zero-order valence-electron chi connectivity index (χ0n) is 17.5. The number of nitrogens with zero attached hydrogens (tertiary/aromatic N) is 3. The Kier molecular flexibility index (Phi) is 7.63. The number of hydrazone groups is 1. The third-order valence-electron chi connectivity index (χ3n) is 5.71. The summed E-state index contributed by atoms with van der Waals surface area (Å²) in [6.45, 7) is 5.03. The molecule has 1 atom stereocenters. The molecular weight excluding hydrogens is 368 g/mol. The lowest BCUT2D eigenvalue weighted by atomic mass is 10.0. The number of amides is 2. The highest BCUT2D eigenvalue weighted by molar-refractivity contribution is 6.04. The number of hydrogen-bond acceptors (Lipinski definition) is 5. The first-order chi connectivity index (χ1) is 14.1. The van der Waals surface area contributed by atoms with Crippen LogP contribution in [0.4, 0.5) is 0 Å². The summed E-state index contributed by atoms with van der Waals surface area (Å²) in [5.74, 6) is 0.501. The normalized spacial score (nSPS) is 20.3. The molecule has 1 aromatic rings. The predicted molar refractivity (Wildman–Crippen MR) is 113 cm³/mol. The van der Waals surface area contributed by atoms with Crippen molar-refractivity contribution in [3.05, 3.63) is 29.8 Å². The smallest absolute Gasteiger partial charge is 0.243 e. The quantitative estimate of drug-likeness (QED) is 0.680. The molecule has 158 valence electrons. The second-order valence-corrected chi connectivity index (χ2v) is 7.81. The van der Waals surface area contributed by atoms with E-state index in [4.69, 9.17) is 4.74 Å². The van der Waals surface area contributed by atoms with Gasteiger partial charge in [-0.1, -0.05) is 6.42 Å². The average Bonchev–Trinajstić information content (AvgIpc) is 2.74. The number of likely N-dealkylation sites (tertiary alicyclic amines) is 1. The van der Waals surface area contributed by atoms with Crippen LogP contribution in [0.5, 0.6) is 5.75 Å². The molecule has 1 fully saturated rings. The Balaban J connectivity index is 1.47. The summed E-state index contributed by atoms with van der Waals surface area (Å²) < 4.78 is 5.18. The summed E-state index contributed by atoms with van der Waals surface area (Å²) in [5, 5.41) is 8.66. The summed E-state index contributed by atoms with van der Waals surface area (Å²) >= 11 is 0. The molecule has 0 saturated carbocycles. The van der Waals surface area contributed by atoms with Crippen LogP contribution in [0.1, 0.15) is 51.0 Å². The second kappa shape index (κ2) is 10.4. The Hall–Kier alpha value is -2.41. The lowest BCUT2D eigenvalue weighted by molar-refractivity contribution is -0.136. The van der Waals surface area contributed by atoms with Gasteiger partial charge in [-0.2, -0.15) is 5.10 Å². The Morgan fingerprint density at radius 3 is 2.76 bits per heavy atom. The van der Waals surface area contributed by atoms with Gasteiger partial charge in [-0.15, -0.1) is 0 Å². The van der Waals surface area contributed by atoms with E-state index in [0.29, 0.717) is 25.4 Å². The molecule has 2 amide bonds. The molecule has 7 heteroatoms. The van der Waals surface area contributed by atoms with Gasteiger partial charge in [0.15, 0.2) is 0 Å². The minimum Gasteiger partial charge on any atom is -0.497 e. The van der Waals surface area contributed by atoms with Gasteiger partial charge in [0, 0.05) is 32.0 Å². The molecule has 1 saturated heterocycles. The Morgan fingerprint density at radius 1 is 1.24 bits per heavy atom. The molecule has 0 aliphatic carbocycles. The fourth-order valence-electron chi connectivity index (χ4n) is 3.91. The van der Waals surface area contributed by atoms with E-state index in [1.54, 1.807) is 7.11 Å². The highest BCUT2D eigenvalue weighted by Gasteiger charge is 2.23. The third-order valence-corrected chi connectivity index (χ3v) is 5.71. The van der Waals surface area contributed by atoms with Crippen molar-refractivity contribution in [3.63, 3.8) is 0 Å². The number of carbonyl (C=O) groups is 2. The van der Waals surface area contributed by atoms with Crippen molar-refractivity contribution in [2.24, 2.45) is 5.10 Å². The summed E-state index contributed by atoms with van der Waals surface area (Å²) in [6.07, 6.45) is 5.71. The summed E-state index contributed by atoms with van der Waals surface area (Å²) in [5.41, 5.74) is 1.76. The van der Waals surface area contributed by atoms with Gasteiger partial charge >= 0.3 is 0 Å². The number of benzene rings is 1. The number of ether oxygens (including phenoxy) is 1. The van der Waals surface area contributed by atoms with Gasteiger partial charge in [-0.25, -0.2) is 5.01 Å². The first-order valence-corrected chi connectivity index (χ1v) is 10.6. The van der Waals surface area contributed by atoms with Crippen LogP contribution in [0.15, 0.2) is 29.4 Å². The highest BCUT2D eigenvalue weighted by Crippen LogP contribution is 2.18. The molecule has 0 radical (unpaired) electrons. The van der Waals surface area contributed by atoms with Gasteiger partial charge < -0.3 is 15.0 Å². The van der Waals surface area contributed by atoms with Crippen molar-refractivity contribution in [2.45, 2.75) is 51.5 Å². The number of piperidine rings is 1. The van der Waals surface area contributed by atoms with E-state index in [1.807, 2.05) is 24.3 Å². The van der Waals surface area contributed by atoms with Crippen LogP contribution < -0.4 is 10.1 Å². The van der Waals surface area contributed by atoms with Crippen molar-refractivity contribution in [1.29, 1.82) is 0 Å². The van der Waals surface area contributed by atoms with E-state index < -0.39 is 0 Å². The molecule has 29 heavy (non-hydrogen) atoms. The van der Waals surface area contributed by atoms with Gasteiger partial charge in [0.05, 0.1) is 12.8 Å². The van der Waals surface area contributed by atoms with Crippen LogP contribution in [-0.4, -0.2) is 66.8 Å². The molecule has 2 aliphatic rings. The maximum Gasteiger partial charge on any atom is 0.243 e. The molecule has 0 spiro atoms. The topological polar surface area (TPSA) is 74.2 Å². The van der Waals surface area contributed by atoms with E-state index in [1.165, 1.54) is 24.3 Å². The Bertz CT molecular complexity index is 732. The van der Waals surface area contributed by atoms with E-state index in [0.717, 1.165) is 36.5 Å². The van der Waals surface area contributed by atoms with E-state index in [2.05, 4.69) is 22.2 Å². The maximum absolute atomic E-state index is 12.3. The first-order valence-electron chi connectivity index (χ1n) is 10.6. The molecule has 1 aromatic carbocycles. The summed E-state index contributed by atoms with van der Waals surface area (Å²) in [6, 6.07) is 8.22. The van der Waals surface area contributed by atoms with Crippen LogP contribution in [0.3, 0.4) is 0 Å².